The zero-order valence-corrected chi connectivity index (χ0v) is 12.8. The van der Waals surface area contributed by atoms with Gasteiger partial charge in [-0.25, -0.2) is 0 Å². The molecule has 1 fully saturated rings. The van der Waals surface area contributed by atoms with Crippen molar-refractivity contribution in [1.82, 2.24) is 4.90 Å². The van der Waals surface area contributed by atoms with E-state index < -0.39 is 12.1 Å². The molecule has 0 spiro atoms. The van der Waals surface area contributed by atoms with Crippen LogP contribution in [0.2, 0.25) is 0 Å². The minimum Gasteiger partial charge on any atom is -0.335 e. The summed E-state index contributed by atoms with van der Waals surface area (Å²) < 4.78 is 37.3. The van der Waals surface area contributed by atoms with E-state index in [0.717, 1.165) is 10.6 Å². The number of carbonyl (C=O) groups is 2. The van der Waals surface area contributed by atoms with E-state index in [2.05, 4.69) is 0 Å². The second-order valence-corrected chi connectivity index (χ2v) is 5.48. The Bertz CT molecular complexity index is 552. The van der Waals surface area contributed by atoms with Crippen LogP contribution in [0, 0.1) is 5.92 Å². The normalized spacial score (nSPS) is 16.3. The van der Waals surface area contributed by atoms with Gasteiger partial charge in [0.15, 0.2) is 0 Å². The van der Waals surface area contributed by atoms with Crippen LogP contribution in [0.5, 0.6) is 0 Å². The lowest BCUT2D eigenvalue weighted by atomic mass is 9.95. The second kappa shape index (κ2) is 7.02. The lowest BCUT2D eigenvalue weighted by molar-refractivity contribution is -0.186. The molecule has 1 heterocycles. The van der Waals surface area contributed by atoms with Crippen LogP contribution in [-0.2, 0) is 9.59 Å². The quantitative estimate of drug-likeness (QED) is 0.856. The number of likely N-dealkylation sites (tertiary alicyclic amines) is 1. The van der Waals surface area contributed by atoms with Gasteiger partial charge in [-0.1, -0.05) is 18.2 Å². The van der Waals surface area contributed by atoms with Gasteiger partial charge in [0, 0.05) is 31.2 Å². The Balaban J connectivity index is 1.99. The van der Waals surface area contributed by atoms with Crippen molar-refractivity contribution in [1.29, 1.82) is 0 Å². The van der Waals surface area contributed by atoms with Crippen LogP contribution in [0.1, 0.15) is 19.8 Å². The van der Waals surface area contributed by atoms with Gasteiger partial charge in [-0.3, -0.25) is 9.59 Å². The predicted octanol–water partition coefficient (Wildman–Crippen LogP) is 2.84. The van der Waals surface area contributed by atoms with E-state index >= 15 is 0 Å². The maximum absolute atomic E-state index is 12.6. The highest BCUT2D eigenvalue weighted by Gasteiger charge is 2.44. The number of hydrogen-bond donors (Lipinski definition) is 0. The molecule has 1 aromatic carbocycles. The van der Waals surface area contributed by atoms with Crippen LogP contribution in [0.15, 0.2) is 30.3 Å². The zero-order valence-electron chi connectivity index (χ0n) is 12.8. The van der Waals surface area contributed by atoms with Gasteiger partial charge in [0.05, 0.1) is 0 Å². The summed E-state index contributed by atoms with van der Waals surface area (Å²) in [6, 6.07) is 9.15. The van der Waals surface area contributed by atoms with Crippen molar-refractivity contribution < 1.29 is 22.8 Å². The van der Waals surface area contributed by atoms with Crippen molar-refractivity contribution in [2.45, 2.75) is 25.9 Å². The fourth-order valence-corrected chi connectivity index (χ4v) is 2.80. The van der Waals surface area contributed by atoms with Crippen LogP contribution in [0.25, 0.3) is 0 Å². The Hall–Kier alpha value is -2.05. The van der Waals surface area contributed by atoms with Gasteiger partial charge < -0.3 is 9.80 Å². The van der Waals surface area contributed by atoms with Crippen LogP contribution in [0.3, 0.4) is 0 Å². The maximum atomic E-state index is 12.6. The molecule has 2 rings (SSSR count). The molecule has 0 saturated carbocycles. The lowest BCUT2D eigenvalue weighted by Crippen LogP contribution is -2.48. The summed E-state index contributed by atoms with van der Waals surface area (Å²) in [6.07, 6.45) is -4.34. The summed E-state index contributed by atoms with van der Waals surface area (Å²) in [5.74, 6) is -2.27. The highest BCUT2D eigenvalue weighted by molar-refractivity contribution is 5.95. The fourth-order valence-electron chi connectivity index (χ4n) is 2.80. The molecule has 0 N–H and O–H groups in total. The topological polar surface area (TPSA) is 40.6 Å². The molecule has 1 saturated heterocycles. The molecule has 23 heavy (non-hydrogen) atoms. The van der Waals surface area contributed by atoms with Crippen molar-refractivity contribution in [3.05, 3.63) is 30.3 Å². The Morgan fingerprint density at radius 3 is 2.22 bits per heavy atom. The van der Waals surface area contributed by atoms with Crippen LogP contribution < -0.4 is 4.90 Å². The highest BCUT2D eigenvalue weighted by atomic mass is 19.4. The molecule has 0 bridgehead atoms. The first-order chi connectivity index (χ1) is 10.8. The first kappa shape index (κ1) is 17.3. The Kier molecular flexibility index (Phi) is 5.28. The number of rotatable bonds is 3. The smallest absolute Gasteiger partial charge is 0.335 e. The van der Waals surface area contributed by atoms with Gasteiger partial charge in [-0.05, 0) is 31.9 Å². The van der Waals surface area contributed by atoms with Crippen LogP contribution >= 0.6 is 0 Å². The third-order valence-electron chi connectivity index (χ3n) is 4.02. The third kappa shape index (κ3) is 4.03. The van der Waals surface area contributed by atoms with Crippen molar-refractivity contribution in [2.24, 2.45) is 5.92 Å². The fraction of sp³-hybridized carbons (Fsp3) is 0.500. The van der Waals surface area contributed by atoms with Gasteiger partial charge in [-0.2, -0.15) is 13.2 Å². The minimum absolute atomic E-state index is 0.0406. The van der Waals surface area contributed by atoms with E-state index in [-0.39, 0.29) is 37.8 Å². The summed E-state index contributed by atoms with van der Waals surface area (Å²) in [6.45, 7) is 2.26. The number of piperidine rings is 1. The molecule has 0 aliphatic carbocycles. The van der Waals surface area contributed by atoms with E-state index in [4.69, 9.17) is 0 Å². The van der Waals surface area contributed by atoms with E-state index in [0.29, 0.717) is 6.54 Å². The predicted molar refractivity (Wildman–Crippen MR) is 79.8 cm³/mol. The molecule has 0 atom stereocenters. The molecule has 1 aliphatic heterocycles. The van der Waals surface area contributed by atoms with E-state index in [9.17, 15) is 22.8 Å². The first-order valence-corrected chi connectivity index (χ1v) is 7.57. The maximum Gasteiger partial charge on any atom is 0.471 e. The number of amides is 2. The molecule has 0 unspecified atom stereocenters. The van der Waals surface area contributed by atoms with Crippen molar-refractivity contribution in [3.63, 3.8) is 0 Å². The van der Waals surface area contributed by atoms with Gasteiger partial charge in [-0.15, -0.1) is 0 Å². The number of nitrogens with zero attached hydrogens (tertiary/aromatic N) is 2. The molecule has 1 aromatic rings. The highest BCUT2D eigenvalue weighted by Crippen LogP contribution is 2.26. The molecule has 7 heteroatoms. The number of carbonyl (C=O) groups excluding carboxylic acids is 2. The average Bonchev–Trinajstić information content (AvgIpc) is 2.55. The minimum atomic E-state index is -4.85. The van der Waals surface area contributed by atoms with Gasteiger partial charge in [0.25, 0.3) is 0 Å². The van der Waals surface area contributed by atoms with Crippen molar-refractivity contribution >= 4 is 17.5 Å². The van der Waals surface area contributed by atoms with Crippen molar-refractivity contribution in [3.8, 4) is 0 Å². The summed E-state index contributed by atoms with van der Waals surface area (Å²) in [5.41, 5.74) is 0.772. The molecule has 4 nitrogen and oxygen atoms in total. The van der Waals surface area contributed by atoms with E-state index in [1.54, 1.807) is 4.90 Å². The summed E-state index contributed by atoms with van der Waals surface area (Å²) in [4.78, 5) is 26.2. The van der Waals surface area contributed by atoms with E-state index in [1.807, 2.05) is 37.3 Å². The third-order valence-corrected chi connectivity index (χ3v) is 4.02. The molecule has 0 radical (unpaired) electrons. The van der Waals surface area contributed by atoms with Crippen LogP contribution in [0.4, 0.5) is 18.9 Å². The van der Waals surface area contributed by atoms with Gasteiger partial charge in [0.1, 0.15) is 0 Å². The molecular weight excluding hydrogens is 309 g/mol. The number of benzene rings is 1. The Labute approximate surface area is 132 Å². The molecule has 1 aliphatic rings. The SMILES string of the molecule is CCN(C(=O)C1CCN(C(=O)C(F)(F)F)CC1)c1ccccc1. The Morgan fingerprint density at radius 1 is 1.17 bits per heavy atom. The zero-order chi connectivity index (χ0) is 17.0. The largest absolute Gasteiger partial charge is 0.471 e. The molecular formula is C16H19F3N2O2. The van der Waals surface area contributed by atoms with E-state index in [1.165, 1.54) is 0 Å². The number of hydrogen-bond acceptors (Lipinski definition) is 2. The molecule has 126 valence electrons. The standard InChI is InChI=1S/C16H19F3N2O2/c1-2-21(13-6-4-3-5-7-13)14(22)12-8-10-20(11-9-12)15(23)16(17,18)19/h3-7,12H,2,8-11H2,1H3. The Morgan fingerprint density at radius 2 is 1.74 bits per heavy atom. The van der Waals surface area contributed by atoms with Gasteiger partial charge in [0.2, 0.25) is 5.91 Å². The number of alkyl halides is 3. The number of anilines is 1. The first-order valence-electron chi connectivity index (χ1n) is 7.57. The summed E-state index contributed by atoms with van der Waals surface area (Å²) in [5, 5.41) is 0. The lowest BCUT2D eigenvalue weighted by Gasteiger charge is -2.34. The average molecular weight is 328 g/mol. The number of halogens is 3. The summed E-state index contributed by atoms with van der Waals surface area (Å²) in [7, 11) is 0. The number of para-hydroxylation sites is 1. The molecule has 0 aromatic heterocycles. The summed E-state index contributed by atoms with van der Waals surface area (Å²) >= 11 is 0. The van der Waals surface area contributed by atoms with Crippen molar-refractivity contribution in [2.75, 3.05) is 24.5 Å². The van der Waals surface area contributed by atoms with Gasteiger partial charge >= 0.3 is 12.1 Å². The van der Waals surface area contributed by atoms with Crippen LogP contribution in [-0.4, -0.2) is 42.5 Å². The molecule has 2 amide bonds. The monoisotopic (exact) mass is 328 g/mol. The second-order valence-electron chi connectivity index (χ2n) is 5.48.